The maximum Gasteiger partial charge on any atom is 0.260 e. The molecule has 0 radical (unpaired) electrons. The lowest BCUT2D eigenvalue weighted by atomic mass is 9.67. The van der Waals surface area contributed by atoms with Gasteiger partial charge in [-0.3, -0.25) is 10.1 Å². The van der Waals surface area contributed by atoms with E-state index in [-0.39, 0.29) is 16.8 Å². The van der Waals surface area contributed by atoms with Crippen LogP contribution in [0.25, 0.3) is 0 Å². The van der Waals surface area contributed by atoms with E-state index in [4.69, 9.17) is 4.74 Å². The van der Waals surface area contributed by atoms with Gasteiger partial charge in [0.25, 0.3) is 5.54 Å². The van der Waals surface area contributed by atoms with E-state index in [0.717, 1.165) is 5.56 Å². The summed E-state index contributed by atoms with van der Waals surface area (Å²) in [6.45, 7) is 8.12. The average Bonchev–Trinajstić information content (AvgIpc) is 2.46. The Morgan fingerprint density at radius 3 is 2.60 bits per heavy atom. The molecule has 1 aromatic rings. The summed E-state index contributed by atoms with van der Waals surface area (Å²) in [6.07, 6.45) is 1.84. The van der Waals surface area contributed by atoms with Gasteiger partial charge in [-0.15, -0.1) is 6.58 Å². The van der Waals surface area contributed by atoms with Gasteiger partial charge in [0.15, 0.2) is 6.10 Å². The standard InChI is InChI=1S/C16H21NO3/c1-4-14-10-11-20-15(13-8-6-5-7-9-13)16(14,12(2)3)17(18)19/h4-9,12,14-15H,1,10-11H2,2-3H3/t14-,15-,16+/m0/s1. The van der Waals surface area contributed by atoms with Gasteiger partial charge < -0.3 is 4.74 Å². The largest absolute Gasteiger partial charge is 0.366 e. The van der Waals surface area contributed by atoms with Crippen molar-refractivity contribution in [3.05, 3.63) is 58.7 Å². The van der Waals surface area contributed by atoms with Crippen molar-refractivity contribution >= 4 is 0 Å². The molecule has 1 fully saturated rings. The third-order valence-corrected chi connectivity index (χ3v) is 4.36. The van der Waals surface area contributed by atoms with Crippen LogP contribution in [0.4, 0.5) is 0 Å². The molecule has 1 aromatic carbocycles. The fraction of sp³-hybridized carbons (Fsp3) is 0.500. The lowest BCUT2D eigenvalue weighted by molar-refractivity contribution is -0.609. The van der Waals surface area contributed by atoms with Crippen molar-refractivity contribution in [2.75, 3.05) is 6.61 Å². The van der Waals surface area contributed by atoms with Crippen molar-refractivity contribution in [1.82, 2.24) is 0 Å². The maximum absolute atomic E-state index is 11.9. The van der Waals surface area contributed by atoms with Crippen LogP contribution in [-0.2, 0) is 4.74 Å². The average molecular weight is 275 g/mol. The minimum absolute atomic E-state index is 0.147. The van der Waals surface area contributed by atoms with Crippen molar-refractivity contribution in [2.24, 2.45) is 11.8 Å². The maximum atomic E-state index is 11.9. The second-order valence-electron chi connectivity index (χ2n) is 5.59. The Morgan fingerprint density at radius 2 is 2.10 bits per heavy atom. The molecule has 4 heteroatoms. The Hall–Kier alpha value is -1.68. The molecule has 1 heterocycles. The van der Waals surface area contributed by atoms with Crippen LogP contribution < -0.4 is 0 Å². The van der Waals surface area contributed by atoms with Crippen molar-refractivity contribution in [2.45, 2.75) is 31.9 Å². The zero-order valence-corrected chi connectivity index (χ0v) is 12.0. The molecular formula is C16H21NO3. The van der Waals surface area contributed by atoms with Crippen molar-refractivity contribution < 1.29 is 9.66 Å². The first kappa shape index (κ1) is 14.7. The second-order valence-corrected chi connectivity index (χ2v) is 5.59. The molecule has 20 heavy (non-hydrogen) atoms. The highest BCUT2D eigenvalue weighted by atomic mass is 16.6. The highest BCUT2D eigenvalue weighted by molar-refractivity contribution is 5.23. The smallest absolute Gasteiger partial charge is 0.260 e. The van der Waals surface area contributed by atoms with Gasteiger partial charge in [-0.25, -0.2) is 0 Å². The number of hydrogen-bond acceptors (Lipinski definition) is 3. The van der Waals surface area contributed by atoms with Gasteiger partial charge in [0.05, 0.1) is 5.92 Å². The van der Waals surface area contributed by atoms with Crippen LogP contribution in [0.2, 0.25) is 0 Å². The van der Waals surface area contributed by atoms with Gasteiger partial charge in [0.2, 0.25) is 0 Å². The third kappa shape index (κ3) is 2.14. The van der Waals surface area contributed by atoms with E-state index in [0.29, 0.717) is 13.0 Å². The van der Waals surface area contributed by atoms with Crippen LogP contribution >= 0.6 is 0 Å². The molecule has 1 aliphatic rings. The van der Waals surface area contributed by atoms with E-state index >= 15 is 0 Å². The predicted molar refractivity (Wildman–Crippen MR) is 78.0 cm³/mol. The van der Waals surface area contributed by atoms with Gasteiger partial charge in [-0.1, -0.05) is 50.3 Å². The summed E-state index contributed by atoms with van der Waals surface area (Å²) < 4.78 is 5.85. The van der Waals surface area contributed by atoms with Crippen LogP contribution in [0.15, 0.2) is 43.0 Å². The Bertz CT molecular complexity index is 486. The number of nitrogens with zero attached hydrogens (tertiary/aromatic N) is 1. The Balaban J connectivity index is 2.57. The monoisotopic (exact) mass is 275 g/mol. The summed E-state index contributed by atoms with van der Waals surface area (Å²) in [6, 6.07) is 9.48. The van der Waals surface area contributed by atoms with Gasteiger partial charge >= 0.3 is 0 Å². The lowest BCUT2D eigenvalue weighted by Gasteiger charge is -2.43. The van der Waals surface area contributed by atoms with Crippen molar-refractivity contribution in [1.29, 1.82) is 0 Å². The summed E-state index contributed by atoms with van der Waals surface area (Å²) in [4.78, 5) is 11.8. The summed E-state index contributed by atoms with van der Waals surface area (Å²) >= 11 is 0. The van der Waals surface area contributed by atoms with Crippen LogP contribution in [0.1, 0.15) is 31.9 Å². The molecule has 4 nitrogen and oxygen atoms in total. The molecule has 0 aliphatic carbocycles. The van der Waals surface area contributed by atoms with E-state index in [1.165, 1.54) is 0 Å². The topological polar surface area (TPSA) is 52.4 Å². The predicted octanol–water partition coefficient (Wildman–Crippen LogP) is 3.62. The number of benzene rings is 1. The summed E-state index contributed by atoms with van der Waals surface area (Å²) in [5, 5.41) is 11.9. The Kier molecular flexibility index (Phi) is 4.23. The molecule has 0 aromatic heterocycles. The molecule has 0 N–H and O–H groups in total. The van der Waals surface area contributed by atoms with Gasteiger partial charge in [-0.2, -0.15) is 0 Å². The SMILES string of the molecule is C=C[C@H]1CCO[C@@H](c2ccccc2)[C@]1(C(C)C)[N+](=O)[O-]. The fourth-order valence-corrected chi connectivity index (χ4v) is 3.34. The van der Waals surface area contributed by atoms with Crippen molar-refractivity contribution in [3.63, 3.8) is 0 Å². The number of hydrogen-bond donors (Lipinski definition) is 0. The molecule has 0 saturated carbocycles. The summed E-state index contributed by atoms with van der Waals surface area (Å²) in [5.74, 6) is -0.331. The Labute approximate surface area is 119 Å². The number of ether oxygens (including phenoxy) is 1. The summed E-state index contributed by atoms with van der Waals surface area (Å²) in [5.41, 5.74) is -0.286. The van der Waals surface area contributed by atoms with Crippen molar-refractivity contribution in [3.8, 4) is 0 Å². The highest BCUT2D eigenvalue weighted by Gasteiger charge is 2.60. The van der Waals surface area contributed by atoms with Crippen LogP contribution in [0.3, 0.4) is 0 Å². The minimum Gasteiger partial charge on any atom is -0.366 e. The first-order valence-corrected chi connectivity index (χ1v) is 6.98. The first-order valence-electron chi connectivity index (χ1n) is 6.98. The zero-order valence-electron chi connectivity index (χ0n) is 12.0. The molecule has 0 amide bonds. The first-order chi connectivity index (χ1) is 9.55. The molecule has 108 valence electrons. The fourth-order valence-electron chi connectivity index (χ4n) is 3.34. The molecule has 0 unspecified atom stereocenters. The zero-order chi connectivity index (χ0) is 14.8. The Morgan fingerprint density at radius 1 is 1.45 bits per heavy atom. The van der Waals surface area contributed by atoms with E-state index in [2.05, 4.69) is 6.58 Å². The highest BCUT2D eigenvalue weighted by Crippen LogP contribution is 2.48. The number of nitro groups is 1. The number of rotatable bonds is 4. The van der Waals surface area contributed by atoms with Gasteiger partial charge in [0.1, 0.15) is 0 Å². The molecule has 1 saturated heterocycles. The molecule has 0 spiro atoms. The van der Waals surface area contributed by atoms with Crippen LogP contribution in [-0.4, -0.2) is 17.1 Å². The van der Waals surface area contributed by atoms with Crippen LogP contribution in [0, 0.1) is 22.0 Å². The van der Waals surface area contributed by atoms with E-state index < -0.39 is 11.6 Å². The minimum atomic E-state index is -1.15. The normalized spacial score (nSPS) is 30.1. The van der Waals surface area contributed by atoms with Gasteiger partial charge in [-0.05, 0) is 12.0 Å². The molecule has 3 atom stereocenters. The van der Waals surface area contributed by atoms with E-state index in [1.54, 1.807) is 6.08 Å². The van der Waals surface area contributed by atoms with E-state index in [1.807, 2.05) is 44.2 Å². The molecule has 1 aliphatic heterocycles. The molecular weight excluding hydrogens is 254 g/mol. The lowest BCUT2D eigenvalue weighted by Crippen LogP contribution is -2.57. The van der Waals surface area contributed by atoms with Gasteiger partial charge in [0, 0.05) is 17.4 Å². The van der Waals surface area contributed by atoms with E-state index in [9.17, 15) is 10.1 Å². The molecule has 2 rings (SSSR count). The van der Waals surface area contributed by atoms with Crippen LogP contribution in [0.5, 0.6) is 0 Å². The summed E-state index contributed by atoms with van der Waals surface area (Å²) in [7, 11) is 0. The molecule has 0 bridgehead atoms. The second kappa shape index (κ2) is 5.75. The third-order valence-electron chi connectivity index (χ3n) is 4.36. The quantitative estimate of drug-likeness (QED) is 0.479.